The van der Waals surface area contributed by atoms with Gasteiger partial charge in [0.2, 0.25) is 0 Å². The summed E-state index contributed by atoms with van der Waals surface area (Å²) in [5.41, 5.74) is 19.2. The number of anilines is 3. The maximum absolute atomic E-state index is 2.55. The lowest BCUT2D eigenvalue weighted by molar-refractivity contribution is 0.638. The predicted molar refractivity (Wildman–Crippen MR) is 324 cm³/mol. The van der Waals surface area contributed by atoms with Crippen LogP contribution >= 0.6 is 0 Å². The highest BCUT2D eigenvalue weighted by Gasteiger charge is 2.39. The third-order valence-corrected chi connectivity index (χ3v) is 16.5. The molecule has 13 aromatic rings. The highest BCUT2D eigenvalue weighted by atomic mass is 15.2. The first-order valence-electron chi connectivity index (χ1n) is 26.7. The fourth-order valence-electron chi connectivity index (χ4n) is 13.3. The number of hydrogen-bond acceptors (Lipinski definition) is 1. The van der Waals surface area contributed by atoms with Crippen LogP contribution in [-0.4, -0.2) is 4.57 Å². The number of fused-ring (bicyclic) bond motifs is 10. The lowest BCUT2D eigenvalue weighted by Gasteiger charge is -2.42. The molecule has 2 aliphatic rings. The quantitative estimate of drug-likeness (QED) is 0.151. The molecule has 2 heteroatoms. The predicted octanol–water partition coefficient (Wildman–Crippen LogP) is 18.5. The van der Waals surface area contributed by atoms with Crippen molar-refractivity contribution >= 4 is 83.3 Å². The van der Waals surface area contributed by atoms with E-state index in [4.69, 9.17) is 0 Å². The highest BCUT2D eigenvalue weighted by Crippen LogP contribution is 2.56. The number of hydrogen-bond donors (Lipinski definition) is 0. The molecule has 1 aliphatic carbocycles. The first-order chi connectivity index (χ1) is 37.5. The van der Waals surface area contributed by atoms with Crippen LogP contribution in [0.3, 0.4) is 0 Å². The van der Waals surface area contributed by atoms with Crippen LogP contribution < -0.4 is 15.3 Å². The van der Waals surface area contributed by atoms with Gasteiger partial charge in [0.15, 0.2) is 0 Å². The van der Waals surface area contributed by atoms with E-state index in [2.05, 4.69) is 290 Å². The topological polar surface area (TPSA) is 8.17 Å². The van der Waals surface area contributed by atoms with E-state index < -0.39 is 0 Å². The normalized spacial score (nSPS) is 13.6. The van der Waals surface area contributed by atoms with Gasteiger partial charge < -0.3 is 9.47 Å². The summed E-state index contributed by atoms with van der Waals surface area (Å²) >= 11 is 0. The van der Waals surface area contributed by atoms with Crippen molar-refractivity contribution in [2.75, 3.05) is 4.90 Å². The Morgan fingerprint density at radius 2 is 0.855 bits per heavy atom. The molecule has 0 atom stereocenters. The zero-order valence-corrected chi connectivity index (χ0v) is 42.5. The van der Waals surface area contributed by atoms with Crippen LogP contribution in [0.25, 0.3) is 116 Å². The van der Waals surface area contributed by atoms with Crippen LogP contribution in [0.15, 0.2) is 255 Å². The minimum atomic E-state index is -0.355. The van der Waals surface area contributed by atoms with E-state index >= 15 is 0 Å². The van der Waals surface area contributed by atoms with Gasteiger partial charge in [0, 0.05) is 27.6 Å². The zero-order valence-electron chi connectivity index (χ0n) is 42.5. The van der Waals surface area contributed by atoms with Gasteiger partial charge in [-0.15, -0.1) is 0 Å². The minimum absolute atomic E-state index is 0.355. The van der Waals surface area contributed by atoms with Gasteiger partial charge in [-0.1, -0.05) is 232 Å². The Morgan fingerprint density at radius 1 is 0.368 bits per heavy atom. The largest absolute Gasteiger partial charge is 0.310 e. The number of rotatable bonds is 6. The minimum Gasteiger partial charge on any atom is -0.310 e. The third kappa shape index (κ3) is 6.60. The van der Waals surface area contributed by atoms with E-state index in [0.717, 1.165) is 17.8 Å². The molecule has 1 aliphatic heterocycles. The summed E-state index contributed by atoms with van der Waals surface area (Å²) in [6.07, 6.45) is 10.1. The lowest BCUT2D eigenvalue weighted by atomic mass is 9.72. The average molecular weight is 969 g/mol. The van der Waals surface area contributed by atoms with Crippen LogP contribution in [0.4, 0.5) is 17.1 Å². The maximum Gasteiger partial charge on any atom is 0.0545 e. The van der Waals surface area contributed by atoms with Crippen molar-refractivity contribution < 1.29 is 0 Å². The highest BCUT2D eigenvalue weighted by molar-refractivity contribution is 6.22. The molecular formula is C74H52N2. The smallest absolute Gasteiger partial charge is 0.0545 e. The van der Waals surface area contributed by atoms with E-state index in [1.165, 1.54) is 132 Å². The summed E-state index contributed by atoms with van der Waals surface area (Å²) in [5, 5.41) is 12.5. The summed E-state index contributed by atoms with van der Waals surface area (Å²) in [7, 11) is 0. The Morgan fingerprint density at radius 3 is 1.51 bits per heavy atom. The molecule has 12 aromatic carbocycles. The fraction of sp³-hybridized carbons (Fsp3) is 0.0541. The van der Waals surface area contributed by atoms with Crippen molar-refractivity contribution in [3.05, 3.63) is 276 Å². The molecule has 15 rings (SSSR count). The molecular weight excluding hydrogens is 917 g/mol. The monoisotopic (exact) mass is 968 g/mol. The number of benzene rings is 12. The number of nitrogens with zero attached hydrogens (tertiary/aromatic N) is 2. The van der Waals surface area contributed by atoms with E-state index in [-0.39, 0.29) is 5.41 Å². The molecule has 2 nitrogen and oxygen atoms in total. The Hall–Kier alpha value is -9.50. The summed E-state index contributed by atoms with van der Waals surface area (Å²) in [4.78, 5) is 2.55. The molecule has 0 amide bonds. The van der Waals surface area contributed by atoms with Gasteiger partial charge in [0.05, 0.1) is 22.4 Å². The second-order valence-electron chi connectivity index (χ2n) is 21.0. The van der Waals surface area contributed by atoms with Crippen molar-refractivity contribution in [2.45, 2.75) is 25.7 Å². The van der Waals surface area contributed by atoms with Crippen LogP contribution in [0, 0.1) is 0 Å². The second kappa shape index (κ2) is 17.3. The molecule has 2 heterocycles. The van der Waals surface area contributed by atoms with E-state index in [0.29, 0.717) is 0 Å². The standard InChI is InChI=1S/C74H52N2/c1-74(2)63-37-21-23-39-65(63)76(53-41-43-59-62(47-53)71(51-30-14-6-15-31-51)57-35-19-18-34-55(57)69(59)49-26-10-4-11-27-49)67-45-44-66-72(73(67)74)60-36-20-22-38-64(60)75(66)52-40-42-58-61(46-52)70(50-28-12-5-13-29-50)56-33-17-7-16-32-54(56)68(58)48-24-8-3-9-25-48/h3-16,18-47H,17H2,1-2H3. The lowest BCUT2D eigenvalue weighted by Crippen LogP contribution is -2.30. The molecule has 0 saturated carbocycles. The van der Waals surface area contributed by atoms with Crippen molar-refractivity contribution in [3.63, 3.8) is 0 Å². The van der Waals surface area contributed by atoms with E-state index in [1.807, 2.05) is 0 Å². The summed E-state index contributed by atoms with van der Waals surface area (Å²) in [5.74, 6) is 0. The maximum atomic E-state index is 2.55. The first-order valence-corrected chi connectivity index (χ1v) is 26.7. The average Bonchev–Trinajstić information content (AvgIpc) is 3.82. The number of aromatic nitrogens is 1. The Bertz CT molecular complexity index is 4660. The molecule has 0 spiro atoms. The summed E-state index contributed by atoms with van der Waals surface area (Å²) in [6, 6.07) is 90.2. The van der Waals surface area contributed by atoms with E-state index in [9.17, 15) is 0 Å². The van der Waals surface area contributed by atoms with Crippen molar-refractivity contribution in [1.82, 2.24) is 4.57 Å². The SMILES string of the molecule is CC1(C)c2ccccc2N(c2ccc3c(-c4ccccc4)c4ccccc4c(-c4ccccc4)c3c2)c2ccc3c(c21)c1ccccc1n3-c1ccc2c(-c3ccccc3)c3c(c(-c4ccccc4)c2c1)=CCC=CC=3. The van der Waals surface area contributed by atoms with Gasteiger partial charge in [-0.2, -0.15) is 0 Å². The van der Waals surface area contributed by atoms with Gasteiger partial charge in [0.25, 0.3) is 0 Å². The summed E-state index contributed by atoms with van der Waals surface area (Å²) < 4.78 is 2.53. The Labute approximate surface area is 442 Å². The Kier molecular flexibility index (Phi) is 10.0. The molecule has 0 fully saturated rings. The second-order valence-corrected chi connectivity index (χ2v) is 21.0. The summed E-state index contributed by atoms with van der Waals surface area (Å²) in [6.45, 7) is 4.86. The molecule has 0 bridgehead atoms. The third-order valence-electron chi connectivity index (χ3n) is 16.5. The van der Waals surface area contributed by atoms with Gasteiger partial charge in [0.1, 0.15) is 0 Å². The first kappa shape index (κ1) is 44.0. The van der Waals surface area contributed by atoms with Crippen molar-refractivity contribution in [3.8, 4) is 50.2 Å². The van der Waals surface area contributed by atoms with E-state index in [1.54, 1.807) is 0 Å². The molecule has 0 N–H and O–H groups in total. The number of allylic oxidation sites excluding steroid dienone is 2. The van der Waals surface area contributed by atoms with Crippen molar-refractivity contribution in [1.29, 1.82) is 0 Å². The van der Waals surface area contributed by atoms with Crippen LogP contribution in [0.5, 0.6) is 0 Å². The number of para-hydroxylation sites is 2. The molecule has 0 radical (unpaired) electrons. The van der Waals surface area contributed by atoms with Gasteiger partial charge in [-0.25, -0.2) is 0 Å². The van der Waals surface area contributed by atoms with Gasteiger partial charge >= 0.3 is 0 Å². The van der Waals surface area contributed by atoms with Gasteiger partial charge in [-0.05, 0) is 153 Å². The Balaban J connectivity index is 1.01. The molecule has 76 heavy (non-hydrogen) atoms. The van der Waals surface area contributed by atoms with Crippen molar-refractivity contribution in [2.24, 2.45) is 0 Å². The van der Waals surface area contributed by atoms with Crippen LogP contribution in [0.1, 0.15) is 31.4 Å². The van der Waals surface area contributed by atoms with Gasteiger partial charge in [-0.3, -0.25) is 0 Å². The van der Waals surface area contributed by atoms with Crippen LogP contribution in [0.2, 0.25) is 0 Å². The fourth-order valence-corrected chi connectivity index (χ4v) is 13.3. The molecule has 0 unspecified atom stereocenters. The van der Waals surface area contributed by atoms with Crippen LogP contribution in [-0.2, 0) is 5.41 Å². The molecule has 358 valence electrons. The molecule has 1 aromatic heterocycles. The molecule has 0 saturated heterocycles. The zero-order chi connectivity index (χ0) is 50.5.